The molecule has 2 aromatic heterocycles. The molecule has 1 aliphatic carbocycles. The molecule has 0 bridgehead atoms. The van der Waals surface area contributed by atoms with Crippen molar-refractivity contribution in [2.75, 3.05) is 13.1 Å². The Bertz CT molecular complexity index is 1020. The molecule has 1 saturated carbocycles. The van der Waals surface area contributed by atoms with Crippen molar-refractivity contribution >= 4 is 27.5 Å². The number of nitrogens with one attached hydrogen (secondary N) is 1. The Morgan fingerprint density at radius 1 is 1.17 bits per heavy atom. The Morgan fingerprint density at radius 3 is 2.77 bits per heavy atom. The molecule has 6 heteroatoms. The molecule has 2 fully saturated rings. The minimum absolute atomic E-state index is 0.0670. The Labute approximate surface area is 182 Å². The molecule has 2 aliphatic rings. The van der Waals surface area contributed by atoms with Crippen molar-refractivity contribution in [1.82, 2.24) is 20.0 Å². The highest BCUT2D eigenvalue weighted by atomic mass is 32.1. The second kappa shape index (κ2) is 8.52. The first-order chi connectivity index (χ1) is 14.7. The number of amides is 1. The summed E-state index contributed by atoms with van der Waals surface area (Å²) in [5, 5.41) is 9.24. The highest BCUT2D eigenvalue weighted by Crippen LogP contribution is 2.35. The van der Waals surface area contributed by atoms with Crippen LogP contribution in [0.3, 0.4) is 0 Å². The first kappa shape index (κ1) is 19.8. The number of nitrogens with zero attached hydrogens (tertiary/aromatic N) is 3. The average Bonchev–Trinajstić information content (AvgIpc) is 3.47. The van der Waals surface area contributed by atoms with Gasteiger partial charge in [-0.15, -0.1) is 11.3 Å². The summed E-state index contributed by atoms with van der Waals surface area (Å²) in [6.07, 6.45) is 7.32. The zero-order valence-corrected chi connectivity index (χ0v) is 18.5. The monoisotopic (exact) mass is 422 g/mol. The van der Waals surface area contributed by atoms with Crippen molar-refractivity contribution in [3.05, 3.63) is 52.5 Å². The first-order valence-electron chi connectivity index (χ1n) is 11.2. The highest BCUT2D eigenvalue weighted by molar-refractivity contribution is 7.20. The lowest BCUT2D eigenvalue weighted by atomic mass is 9.96. The van der Waals surface area contributed by atoms with E-state index in [1.54, 1.807) is 11.3 Å². The van der Waals surface area contributed by atoms with Gasteiger partial charge in [-0.2, -0.15) is 5.10 Å². The number of aromatic nitrogens is 2. The van der Waals surface area contributed by atoms with Crippen LogP contribution in [0.1, 0.15) is 65.5 Å². The van der Waals surface area contributed by atoms with E-state index in [2.05, 4.69) is 52.2 Å². The Morgan fingerprint density at radius 2 is 1.97 bits per heavy atom. The molecule has 158 valence electrons. The van der Waals surface area contributed by atoms with Gasteiger partial charge >= 0.3 is 0 Å². The largest absolute Gasteiger partial charge is 0.347 e. The number of likely N-dealkylation sites (tertiary alicyclic amines) is 1. The highest BCUT2D eigenvalue weighted by Gasteiger charge is 2.26. The smallest absolute Gasteiger partial charge is 0.261 e. The Balaban J connectivity index is 1.25. The molecule has 1 aliphatic heterocycles. The normalized spacial score (nSPS) is 20.8. The molecule has 3 heterocycles. The van der Waals surface area contributed by atoms with Crippen molar-refractivity contribution in [3.63, 3.8) is 0 Å². The zero-order valence-electron chi connectivity index (χ0n) is 17.6. The van der Waals surface area contributed by atoms with Gasteiger partial charge in [-0.05, 0) is 37.8 Å². The minimum Gasteiger partial charge on any atom is -0.347 e. The molecular formula is C24H30N4OS. The van der Waals surface area contributed by atoms with Gasteiger partial charge in [0.15, 0.2) is 0 Å². The van der Waals surface area contributed by atoms with Gasteiger partial charge in [0.25, 0.3) is 5.91 Å². The molecule has 0 radical (unpaired) electrons. The van der Waals surface area contributed by atoms with Gasteiger partial charge in [0.1, 0.15) is 4.83 Å². The molecule has 3 aromatic rings. The molecule has 1 N–H and O–H groups in total. The second-order valence-corrected chi connectivity index (χ2v) is 9.86. The maximum absolute atomic E-state index is 13.0. The van der Waals surface area contributed by atoms with Gasteiger partial charge in [-0.25, -0.2) is 0 Å². The van der Waals surface area contributed by atoms with Crippen LogP contribution in [0.15, 0.2) is 36.4 Å². The van der Waals surface area contributed by atoms with Gasteiger partial charge in [0.05, 0.1) is 16.6 Å². The summed E-state index contributed by atoms with van der Waals surface area (Å²) in [4.78, 5) is 17.4. The summed E-state index contributed by atoms with van der Waals surface area (Å²) >= 11 is 1.61. The van der Waals surface area contributed by atoms with Crippen molar-refractivity contribution < 1.29 is 4.79 Å². The maximum atomic E-state index is 13.0. The standard InChI is InChI=1S/C24H30N4OS/c1-17-21-14-22(30-24(21)28(26-17)20-10-6-3-7-11-20)23(29)25-19-12-13-27(16-19)15-18-8-4-2-5-9-18/h2,4-5,8-9,14,19-20H,3,6-7,10-13,15-16H2,1H3,(H,25,29)/t19-/m0/s1. The maximum Gasteiger partial charge on any atom is 0.261 e. The number of carbonyl (C=O) groups is 1. The van der Waals surface area contributed by atoms with Gasteiger partial charge < -0.3 is 5.32 Å². The Kier molecular flexibility index (Phi) is 5.61. The fraction of sp³-hybridized carbons (Fsp3) is 0.500. The second-order valence-electron chi connectivity index (χ2n) is 8.83. The molecule has 5 rings (SSSR count). The first-order valence-corrected chi connectivity index (χ1v) is 12.0. The summed E-state index contributed by atoms with van der Waals surface area (Å²) in [5.74, 6) is 0.0670. The molecular weight excluding hydrogens is 392 g/mol. The van der Waals surface area contributed by atoms with Gasteiger partial charge in [-0.1, -0.05) is 49.6 Å². The lowest BCUT2D eigenvalue weighted by Gasteiger charge is -2.22. The third-order valence-electron chi connectivity index (χ3n) is 6.57. The third kappa shape index (κ3) is 4.03. The number of rotatable bonds is 5. The number of carbonyl (C=O) groups excluding carboxylic acids is 1. The predicted octanol–water partition coefficient (Wildman–Crippen LogP) is 4.92. The van der Waals surface area contributed by atoms with E-state index in [-0.39, 0.29) is 11.9 Å². The van der Waals surface area contributed by atoms with Gasteiger partial charge in [0.2, 0.25) is 0 Å². The number of benzene rings is 1. The van der Waals surface area contributed by atoms with Crippen LogP contribution >= 0.6 is 11.3 Å². The fourth-order valence-corrected chi connectivity index (χ4v) is 6.09. The number of hydrogen-bond donors (Lipinski definition) is 1. The van der Waals surface area contributed by atoms with E-state index in [4.69, 9.17) is 5.10 Å². The lowest BCUT2D eigenvalue weighted by molar-refractivity contribution is 0.0942. The molecule has 5 nitrogen and oxygen atoms in total. The number of thiophene rings is 1. The van der Waals surface area contributed by atoms with E-state index in [9.17, 15) is 4.79 Å². The molecule has 1 saturated heterocycles. The summed E-state index contributed by atoms with van der Waals surface area (Å²) in [6.45, 7) is 4.96. The van der Waals surface area contributed by atoms with E-state index in [0.29, 0.717) is 6.04 Å². The van der Waals surface area contributed by atoms with Crippen LogP contribution in [0.2, 0.25) is 0 Å². The molecule has 1 aromatic carbocycles. The molecule has 30 heavy (non-hydrogen) atoms. The topological polar surface area (TPSA) is 50.2 Å². The molecule has 0 spiro atoms. The third-order valence-corrected chi connectivity index (χ3v) is 7.69. The van der Waals surface area contributed by atoms with E-state index in [0.717, 1.165) is 42.0 Å². The quantitative estimate of drug-likeness (QED) is 0.635. The number of fused-ring (bicyclic) bond motifs is 1. The summed E-state index contributed by atoms with van der Waals surface area (Å²) in [7, 11) is 0. The van der Waals surface area contributed by atoms with Crippen LogP contribution in [-0.4, -0.2) is 39.7 Å². The van der Waals surface area contributed by atoms with E-state index >= 15 is 0 Å². The van der Waals surface area contributed by atoms with Crippen LogP contribution < -0.4 is 5.32 Å². The van der Waals surface area contributed by atoms with Crippen LogP contribution in [-0.2, 0) is 6.54 Å². The SMILES string of the molecule is Cc1nn(C2CCCCC2)c2sc(C(=O)N[C@H]3CCN(Cc4ccccc4)C3)cc12. The van der Waals surface area contributed by atoms with Crippen LogP contribution in [0, 0.1) is 6.92 Å². The number of hydrogen-bond acceptors (Lipinski definition) is 4. The van der Waals surface area contributed by atoms with Gasteiger partial charge in [-0.3, -0.25) is 14.4 Å². The number of aryl methyl sites for hydroxylation is 1. The lowest BCUT2D eigenvalue weighted by Crippen LogP contribution is -2.36. The van der Waals surface area contributed by atoms with Crippen LogP contribution in [0.5, 0.6) is 0 Å². The molecule has 1 atom stereocenters. The van der Waals surface area contributed by atoms with Crippen molar-refractivity contribution in [2.45, 2.75) is 64.1 Å². The van der Waals surface area contributed by atoms with E-state index in [1.807, 2.05) is 6.07 Å². The molecule has 1 amide bonds. The van der Waals surface area contributed by atoms with Crippen molar-refractivity contribution in [3.8, 4) is 0 Å². The fourth-order valence-electron chi connectivity index (χ4n) is 4.95. The van der Waals surface area contributed by atoms with Crippen LogP contribution in [0.4, 0.5) is 0 Å². The van der Waals surface area contributed by atoms with Crippen LogP contribution in [0.25, 0.3) is 10.2 Å². The molecule has 0 unspecified atom stereocenters. The average molecular weight is 423 g/mol. The van der Waals surface area contributed by atoms with Crippen molar-refractivity contribution in [1.29, 1.82) is 0 Å². The Hall–Kier alpha value is -2.18. The van der Waals surface area contributed by atoms with E-state index in [1.165, 1.54) is 42.5 Å². The summed E-state index contributed by atoms with van der Waals surface area (Å²) in [6, 6.07) is 13.3. The zero-order chi connectivity index (χ0) is 20.5. The van der Waals surface area contributed by atoms with Gasteiger partial charge in [0, 0.05) is 31.1 Å². The predicted molar refractivity (Wildman–Crippen MR) is 122 cm³/mol. The minimum atomic E-state index is 0.0670. The van der Waals surface area contributed by atoms with Crippen molar-refractivity contribution in [2.24, 2.45) is 0 Å². The summed E-state index contributed by atoms with van der Waals surface area (Å²) in [5.41, 5.74) is 2.37. The summed E-state index contributed by atoms with van der Waals surface area (Å²) < 4.78 is 2.21. The van der Waals surface area contributed by atoms with E-state index < -0.39 is 0 Å².